The summed E-state index contributed by atoms with van der Waals surface area (Å²) >= 11 is 0. The maximum absolute atomic E-state index is 13.3. The summed E-state index contributed by atoms with van der Waals surface area (Å²) in [5, 5.41) is 9.32. The van der Waals surface area contributed by atoms with Crippen molar-refractivity contribution in [2.24, 2.45) is 0 Å². The van der Waals surface area contributed by atoms with Crippen LogP contribution >= 0.6 is 0 Å². The fourth-order valence-electron chi connectivity index (χ4n) is 4.05. The number of carbonyl (C=O) groups excluding carboxylic acids is 1. The molecule has 3 aromatic rings. The third-order valence-corrected chi connectivity index (χ3v) is 7.48. The summed E-state index contributed by atoms with van der Waals surface area (Å²) in [6.45, 7) is 8.49. The Kier molecular flexibility index (Phi) is 11.0. The summed E-state index contributed by atoms with van der Waals surface area (Å²) in [5.74, 6) is -1.25. The lowest BCUT2D eigenvalue weighted by atomic mass is 9.99. The Morgan fingerprint density at radius 1 is 1.07 bits per heavy atom. The second-order valence-electron chi connectivity index (χ2n) is 10.8. The molecule has 1 aromatic carbocycles. The summed E-state index contributed by atoms with van der Waals surface area (Å²) in [5.41, 5.74) is 2.49. The van der Waals surface area contributed by atoms with Crippen LogP contribution in [0.15, 0.2) is 78.0 Å². The summed E-state index contributed by atoms with van der Waals surface area (Å²) in [6.07, 6.45) is 4.95. The van der Waals surface area contributed by atoms with Gasteiger partial charge in [-0.25, -0.2) is 27.9 Å². The summed E-state index contributed by atoms with van der Waals surface area (Å²) in [4.78, 5) is 33.9. The highest BCUT2D eigenvalue weighted by Crippen LogP contribution is 2.25. The molecule has 1 amide bonds. The van der Waals surface area contributed by atoms with Crippen LogP contribution in [0.25, 0.3) is 5.57 Å². The molecule has 0 bridgehead atoms. The summed E-state index contributed by atoms with van der Waals surface area (Å²) in [7, 11) is -4.06. The minimum atomic E-state index is -4.06. The molecular formula is C31H38N4O6S. The largest absolute Gasteiger partial charge is 0.480 e. The number of ether oxygens (including phenoxy) is 1. The van der Waals surface area contributed by atoms with E-state index in [2.05, 4.69) is 34.6 Å². The monoisotopic (exact) mass is 594 g/mol. The molecule has 0 aliphatic heterocycles. The molecule has 10 nitrogen and oxygen atoms in total. The number of pyridine rings is 2. The van der Waals surface area contributed by atoms with Gasteiger partial charge in [0.1, 0.15) is 18.0 Å². The van der Waals surface area contributed by atoms with E-state index in [1.54, 1.807) is 45.0 Å². The molecule has 0 saturated carbocycles. The van der Waals surface area contributed by atoms with Gasteiger partial charge in [0.25, 0.3) is 10.0 Å². The first-order valence-electron chi connectivity index (χ1n) is 13.7. The number of aliphatic carboxylic acids is 1. The fourth-order valence-corrected chi connectivity index (χ4v) is 5.21. The van der Waals surface area contributed by atoms with Crippen LogP contribution in [0, 0.1) is 0 Å². The zero-order valence-electron chi connectivity index (χ0n) is 24.6. The predicted molar refractivity (Wildman–Crippen MR) is 161 cm³/mol. The molecule has 3 rings (SSSR count). The highest BCUT2D eigenvalue weighted by molar-refractivity contribution is 7.89. The number of nitrogens with one attached hydrogen (secondary N) is 1. The van der Waals surface area contributed by atoms with Crippen molar-refractivity contribution in [2.75, 3.05) is 11.4 Å². The van der Waals surface area contributed by atoms with Gasteiger partial charge in [-0.3, -0.25) is 9.69 Å². The summed E-state index contributed by atoms with van der Waals surface area (Å²) in [6, 6.07) is 16.2. The molecule has 0 saturated heterocycles. The van der Waals surface area contributed by atoms with Gasteiger partial charge < -0.3 is 9.84 Å². The highest BCUT2D eigenvalue weighted by atomic mass is 32.2. The van der Waals surface area contributed by atoms with Crippen molar-refractivity contribution in [3.05, 3.63) is 89.8 Å². The molecule has 11 heteroatoms. The third kappa shape index (κ3) is 9.49. The molecule has 1 atom stereocenters. The van der Waals surface area contributed by atoms with E-state index in [4.69, 9.17) is 4.74 Å². The van der Waals surface area contributed by atoms with E-state index in [0.29, 0.717) is 0 Å². The Hall–Kier alpha value is -4.09. The summed E-state index contributed by atoms with van der Waals surface area (Å²) < 4.78 is 34.7. The van der Waals surface area contributed by atoms with Crippen molar-refractivity contribution in [1.29, 1.82) is 0 Å². The molecule has 0 fully saturated rings. The molecule has 0 aliphatic rings. The highest BCUT2D eigenvalue weighted by Gasteiger charge is 2.28. The predicted octanol–water partition coefficient (Wildman–Crippen LogP) is 5.77. The van der Waals surface area contributed by atoms with Crippen LogP contribution < -0.4 is 9.62 Å². The number of aromatic nitrogens is 2. The van der Waals surface area contributed by atoms with Gasteiger partial charge in [-0.05, 0) is 81.5 Å². The number of carboxylic acid groups (broad SMARTS) is 1. The number of carboxylic acids is 1. The van der Waals surface area contributed by atoms with Crippen molar-refractivity contribution in [3.63, 3.8) is 0 Å². The van der Waals surface area contributed by atoms with Gasteiger partial charge in [-0.15, -0.1) is 0 Å². The third-order valence-electron chi connectivity index (χ3n) is 6.10. The number of carbonyl (C=O) groups is 2. The van der Waals surface area contributed by atoms with E-state index in [1.807, 2.05) is 24.3 Å². The average Bonchev–Trinajstić information content (AvgIpc) is 2.94. The molecular weight excluding hydrogens is 556 g/mol. The molecule has 0 spiro atoms. The van der Waals surface area contributed by atoms with E-state index >= 15 is 0 Å². The minimum Gasteiger partial charge on any atom is -0.480 e. The standard InChI is InChI=1S/C31H38N4O6S/c1-6-7-11-22(2)24-17-15-23(16-18-24)20-26(34-42(39,40)28-14-8-9-19-32-28)25-12-10-13-27(33-25)35(21-29(36)37)30(38)41-31(3,4)5/h8-19,26,34H,6-7,20-21H2,1-5H3,(H,36,37). The van der Waals surface area contributed by atoms with Crippen molar-refractivity contribution in [1.82, 2.24) is 14.7 Å². The molecule has 224 valence electrons. The van der Waals surface area contributed by atoms with Crippen LogP contribution in [0.1, 0.15) is 70.3 Å². The van der Waals surface area contributed by atoms with E-state index in [9.17, 15) is 23.1 Å². The quantitative estimate of drug-likeness (QED) is 0.270. The van der Waals surface area contributed by atoms with Gasteiger partial charge in [0, 0.05) is 6.20 Å². The van der Waals surface area contributed by atoms with E-state index in [-0.39, 0.29) is 23.0 Å². The second-order valence-corrected chi connectivity index (χ2v) is 12.5. The van der Waals surface area contributed by atoms with Gasteiger partial charge >= 0.3 is 12.1 Å². The van der Waals surface area contributed by atoms with Gasteiger partial charge in [0.05, 0.1) is 11.7 Å². The number of anilines is 1. The smallest absolute Gasteiger partial charge is 0.416 e. The first-order chi connectivity index (χ1) is 19.8. The molecule has 2 N–H and O–H groups in total. The normalized spacial score (nSPS) is 12.9. The van der Waals surface area contributed by atoms with E-state index in [1.165, 1.54) is 18.3 Å². The Labute approximate surface area is 247 Å². The minimum absolute atomic E-state index is 0.0122. The SMILES string of the molecule is CCCC=C(C)c1ccc(CC(NS(=O)(=O)c2ccccn2)c2cccc(N(CC(=O)O)C(=O)OC(C)(C)C)n2)cc1. The zero-order chi connectivity index (χ0) is 30.9. The first kappa shape index (κ1) is 32.4. The van der Waals surface area contributed by atoms with Crippen molar-refractivity contribution in [2.45, 2.75) is 70.6 Å². The molecule has 2 aromatic heterocycles. The number of nitrogens with zero attached hydrogens (tertiary/aromatic N) is 3. The molecule has 2 heterocycles. The zero-order valence-corrected chi connectivity index (χ0v) is 25.4. The Morgan fingerprint density at radius 3 is 2.38 bits per heavy atom. The second kappa shape index (κ2) is 14.2. The van der Waals surface area contributed by atoms with E-state index in [0.717, 1.165) is 34.4 Å². The lowest BCUT2D eigenvalue weighted by Crippen LogP contribution is -2.40. The Bertz CT molecular complexity index is 1500. The number of hydrogen-bond donors (Lipinski definition) is 2. The number of allylic oxidation sites excluding steroid dienone is 2. The van der Waals surface area contributed by atoms with Gasteiger partial charge in [-0.2, -0.15) is 0 Å². The Morgan fingerprint density at radius 2 is 1.79 bits per heavy atom. The van der Waals surface area contributed by atoms with Crippen LogP contribution in [0.4, 0.5) is 10.6 Å². The van der Waals surface area contributed by atoms with Crippen LogP contribution in [0.3, 0.4) is 0 Å². The lowest BCUT2D eigenvalue weighted by Gasteiger charge is -2.26. The Balaban J connectivity index is 2.01. The van der Waals surface area contributed by atoms with E-state index < -0.39 is 40.3 Å². The van der Waals surface area contributed by atoms with Gasteiger partial charge in [0.15, 0.2) is 5.03 Å². The molecule has 0 radical (unpaired) electrons. The van der Waals surface area contributed by atoms with Crippen LogP contribution in [-0.4, -0.2) is 47.7 Å². The van der Waals surface area contributed by atoms with Crippen LogP contribution in [0.5, 0.6) is 0 Å². The van der Waals surface area contributed by atoms with Crippen molar-refractivity contribution in [3.8, 4) is 0 Å². The maximum Gasteiger partial charge on any atom is 0.416 e. The molecule has 42 heavy (non-hydrogen) atoms. The number of amides is 1. The number of benzene rings is 1. The first-order valence-corrected chi connectivity index (χ1v) is 15.2. The maximum atomic E-state index is 13.3. The van der Waals surface area contributed by atoms with Crippen LogP contribution in [0.2, 0.25) is 0 Å². The topological polar surface area (TPSA) is 139 Å². The number of sulfonamides is 1. The number of rotatable bonds is 12. The van der Waals surface area contributed by atoms with Gasteiger partial charge in [0.2, 0.25) is 0 Å². The molecule has 1 unspecified atom stereocenters. The van der Waals surface area contributed by atoms with Crippen LogP contribution in [-0.2, 0) is 26.0 Å². The van der Waals surface area contributed by atoms with Crippen molar-refractivity contribution >= 4 is 33.5 Å². The fraction of sp³-hybridized carbons (Fsp3) is 0.355. The average molecular weight is 595 g/mol. The van der Waals surface area contributed by atoms with Gasteiger partial charge in [-0.1, -0.05) is 55.8 Å². The van der Waals surface area contributed by atoms with Crippen molar-refractivity contribution < 1.29 is 27.9 Å². The number of unbranched alkanes of at least 4 members (excludes halogenated alkanes) is 1. The lowest BCUT2D eigenvalue weighted by molar-refractivity contribution is -0.135. The number of hydrogen-bond acceptors (Lipinski definition) is 7. The molecule has 0 aliphatic carbocycles.